The van der Waals surface area contributed by atoms with Crippen molar-refractivity contribution in [3.05, 3.63) is 58.6 Å². The van der Waals surface area contributed by atoms with E-state index in [1.165, 1.54) is 18.2 Å². The Morgan fingerprint density at radius 1 is 1.07 bits per heavy atom. The van der Waals surface area contributed by atoms with Crippen molar-refractivity contribution in [1.82, 2.24) is 5.32 Å². The van der Waals surface area contributed by atoms with Crippen LogP contribution in [0.4, 0.5) is 5.69 Å². The highest BCUT2D eigenvalue weighted by atomic mass is 79.9. The molecule has 8 heteroatoms. The van der Waals surface area contributed by atoms with Gasteiger partial charge in [-0.3, -0.25) is 9.52 Å². The normalized spacial score (nSPS) is 11.2. The third-order valence-electron chi connectivity index (χ3n) is 3.89. The van der Waals surface area contributed by atoms with E-state index in [4.69, 9.17) is 4.74 Å². The molecular weight excluding hydrogens is 444 g/mol. The largest absolute Gasteiger partial charge is 0.381 e. The molecule has 28 heavy (non-hydrogen) atoms. The number of nitrogens with one attached hydrogen (secondary N) is 2. The number of amides is 1. The van der Waals surface area contributed by atoms with E-state index in [-0.39, 0.29) is 10.8 Å². The SMILES string of the molecule is CCCCOCCCNC(=O)c1cccc(NS(=O)(=O)c2ccc(Br)cc2)c1. The van der Waals surface area contributed by atoms with Gasteiger partial charge in [0.1, 0.15) is 0 Å². The third kappa shape index (κ3) is 7.26. The third-order valence-corrected chi connectivity index (χ3v) is 5.82. The molecule has 0 radical (unpaired) electrons. The number of benzene rings is 2. The topological polar surface area (TPSA) is 84.5 Å². The Morgan fingerprint density at radius 2 is 1.79 bits per heavy atom. The fourth-order valence-electron chi connectivity index (χ4n) is 2.38. The first-order valence-electron chi connectivity index (χ1n) is 9.17. The first-order valence-corrected chi connectivity index (χ1v) is 11.4. The average Bonchev–Trinajstić information content (AvgIpc) is 2.67. The smallest absolute Gasteiger partial charge is 0.261 e. The summed E-state index contributed by atoms with van der Waals surface area (Å²) >= 11 is 3.28. The van der Waals surface area contributed by atoms with Crippen LogP contribution in [-0.2, 0) is 14.8 Å². The summed E-state index contributed by atoms with van der Waals surface area (Å²) in [5.41, 5.74) is 0.723. The molecule has 0 aliphatic heterocycles. The number of hydrogen-bond donors (Lipinski definition) is 2. The zero-order chi connectivity index (χ0) is 20.4. The molecule has 152 valence electrons. The highest BCUT2D eigenvalue weighted by molar-refractivity contribution is 9.10. The fraction of sp³-hybridized carbons (Fsp3) is 0.350. The van der Waals surface area contributed by atoms with Crippen molar-refractivity contribution in [2.75, 3.05) is 24.5 Å². The Bertz CT molecular complexity index is 870. The van der Waals surface area contributed by atoms with Crippen molar-refractivity contribution in [3.63, 3.8) is 0 Å². The quantitative estimate of drug-likeness (QED) is 0.484. The maximum atomic E-state index is 12.5. The van der Waals surface area contributed by atoms with Crippen LogP contribution in [0.5, 0.6) is 0 Å². The maximum absolute atomic E-state index is 12.5. The van der Waals surface area contributed by atoms with Gasteiger partial charge >= 0.3 is 0 Å². The summed E-state index contributed by atoms with van der Waals surface area (Å²) in [5.74, 6) is -0.252. The number of anilines is 1. The van der Waals surface area contributed by atoms with Gasteiger partial charge in [-0.25, -0.2) is 8.42 Å². The van der Waals surface area contributed by atoms with Gasteiger partial charge in [0.15, 0.2) is 0 Å². The molecule has 2 rings (SSSR count). The molecule has 6 nitrogen and oxygen atoms in total. The molecule has 2 aromatic carbocycles. The zero-order valence-electron chi connectivity index (χ0n) is 15.8. The van der Waals surface area contributed by atoms with Gasteiger partial charge in [-0.15, -0.1) is 0 Å². The Hall–Kier alpha value is -1.90. The Morgan fingerprint density at radius 3 is 2.50 bits per heavy atom. The lowest BCUT2D eigenvalue weighted by Gasteiger charge is -2.10. The number of hydrogen-bond acceptors (Lipinski definition) is 4. The predicted molar refractivity (Wildman–Crippen MR) is 114 cm³/mol. The minimum Gasteiger partial charge on any atom is -0.381 e. The van der Waals surface area contributed by atoms with Crippen LogP contribution in [0.1, 0.15) is 36.5 Å². The molecule has 0 unspecified atom stereocenters. The van der Waals surface area contributed by atoms with Crippen molar-refractivity contribution >= 4 is 37.5 Å². The summed E-state index contributed by atoms with van der Waals surface area (Å²) in [6, 6.07) is 12.7. The number of unbranched alkanes of at least 4 members (excludes halogenated alkanes) is 1. The molecule has 0 spiro atoms. The van der Waals surface area contributed by atoms with Crippen LogP contribution in [-0.4, -0.2) is 34.1 Å². The summed E-state index contributed by atoms with van der Waals surface area (Å²) in [7, 11) is -3.72. The van der Waals surface area contributed by atoms with E-state index in [9.17, 15) is 13.2 Å². The number of ether oxygens (including phenoxy) is 1. The van der Waals surface area contributed by atoms with Crippen LogP contribution < -0.4 is 10.0 Å². The highest BCUT2D eigenvalue weighted by Gasteiger charge is 2.15. The molecule has 2 N–H and O–H groups in total. The molecule has 2 aromatic rings. The highest BCUT2D eigenvalue weighted by Crippen LogP contribution is 2.19. The predicted octanol–water partition coefficient (Wildman–Crippen LogP) is 4.19. The second-order valence-electron chi connectivity index (χ2n) is 6.22. The Balaban J connectivity index is 1.90. The number of rotatable bonds is 11. The lowest BCUT2D eigenvalue weighted by molar-refractivity contribution is 0.0940. The van der Waals surface area contributed by atoms with Crippen molar-refractivity contribution in [2.24, 2.45) is 0 Å². The number of carbonyl (C=O) groups excluding carboxylic acids is 1. The van der Waals surface area contributed by atoms with Gasteiger partial charge < -0.3 is 10.1 Å². The van der Waals surface area contributed by atoms with Gasteiger partial charge in [0, 0.05) is 35.5 Å². The van der Waals surface area contributed by atoms with Crippen LogP contribution in [0.2, 0.25) is 0 Å². The molecule has 0 heterocycles. The number of sulfonamides is 1. The zero-order valence-corrected chi connectivity index (χ0v) is 18.2. The molecule has 0 fully saturated rings. The fourth-order valence-corrected chi connectivity index (χ4v) is 3.69. The standard InChI is InChI=1S/C20H25BrN2O4S/c1-2-3-13-27-14-5-12-22-20(24)16-6-4-7-18(15-16)23-28(25,26)19-10-8-17(21)9-11-19/h4,6-11,15,23H,2-3,5,12-14H2,1H3,(H,22,24). The van der Waals surface area contributed by atoms with Gasteiger partial charge in [-0.1, -0.05) is 35.3 Å². The van der Waals surface area contributed by atoms with Crippen LogP contribution in [0.25, 0.3) is 0 Å². The lowest BCUT2D eigenvalue weighted by atomic mass is 10.2. The van der Waals surface area contributed by atoms with Gasteiger partial charge in [0.25, 0.3) is 15.9 Å². The van der Waals surface area contributed by atoms with Gasteiger partial charge in [0.05, 0.1) is 4.90 Å². The van der Waals surface area contributed by atoms with Gasteiger partial charge in [-0.2, -0.15) is 0 Å². The van der Waals surface area contributed by atoms with Crippen LogP contribution in [0.3, 0.4) is 0 Å². The van der Waals surface area contributed by atoms with E-state index in [0.29, 0.717) is 24.4 Å². The Kier molecular flexibility index (Phi) is 8.95. The van der Waals surface area contributed by atoms with E-state index in [1.807, 2.05) is 0 Å². The van der Waals surface area contributed by atoms with E-state index >= 15 is 0 Å². The molecule has 0 aliphatic rings. The Labute approximate surface area is 174 Å². The summed E-state index contributed by atoms with van der Waals surface area (Å²) in [4.78, 5) is 12.4. The van der Waals surface area contributed by atoms with Crippen LogP contribution in [0, 0.1) is 0 Å². The lowest BCUT2D eigenvalue weighted by Crippen LogP contribution is -2.25. The molecule has 0 bridgehead atoms. The minimum absolute atomic E-state index is 0.147. The summed E-state index contributed by atoms with van der Waals surface area (Å²) in [6.07, 6.45) is 2.86. The second kappa shape index (κ2) is 11.2. The maximum Gasteiger partial charge on any atom is 0.261 e. The summed E-state index contributed by atoms with van der Waals surface area (Å²) < 4.78 is 33.7. The molecule has 0 atom stereocenters. The van der Waals surface area contributed by atoms with Gasteiger partial charge in [0.2, 0.25) is 0 Å². The number of halogens is 1. The second-order valence-corrected chi connectivity index (χ2v) is 8.81. The number of carbonyl (C=O) groups is 1. The molecule has 0 aliphatic carbocycles. The monoisotopic (exact) mass is 468 g/mol. The molecule has 0 saturated carbocycles. The van der Waals surface area contributed by atoms with Gasteiger partial charge in [-0.05, 0) is 55.3 Å². The first kappa shape index (κ1) is 22.4. The van der Waals surface area contributed by atoms with Crippen molar-refractivity contribution in [1.29, 1.82) is 0 Å². The van der Waals surface area contributed by atoms with Crippen LogP contribution >= 0.6 is 15.9 Å². The van der Waals surface area contributed by atoms with Crippen LogP contribution in [0.15, 0.2) is 57.9 Å². The molecule has 0 saturated heterocycles. The van der Waals surface area contributed by atoms with E-state index < -0.39 is 10.0 Å². The molecular formula is C20H25BrN2O4S. The van der Waals surface area contributed by atoms with E-state index in [1.54, 1.807) is 30.3 Å². The first-order chi connectivity index (χ1) is 13.4. The molecule has 1 amide bonds. The van der Waals surface area contributed by atoms with E-state index in [2.05, 4.69) is 32.9 Å². The minimum atomic E-state index is -3.72. The summed E-state index contributed by atoms with van der Waals surface area (Å²) in [5, 5.41) is 2.82. The summed E-state index contributed by atoms with van der Waals surface area (Å²) in [6.45, 7) is 3.95. The molecule has 0 aromatic heterocycles. The van der Waals surface area contributed by atoms with Crippen molar-refractivity contribution in [3.8, 4) is 0 Å². The van der Waals surface area contributed by atoms with Crippen molar-refractivity contribution < 1.29 is 17.9 Å². The van der Waals surface area contributed by atoms with E-state index in [0.717, 1.165) is 30.3 Å². The average molecular weight is 469 g/mol. The van der Waals surface area contributed by atoms with Crippen molar-refractivity contribution in [2.45, 2.75) is 31.1 Å².